The average molecular weight is 316 g/mol. The van der Waals surface area contributed by atoms with Crippen LogP contribution in [0.25, 0.3) is 0 Å². The largest absolute Gasteiger partial charge is 0.359 e. The van der Waals surface area contributed by atoms with Gasteiger partial charge in [0.15, 0.2) is 11.5 Å². The third kappa shape index (κ3) is 5.19. The van der Waals surface area contributed by atoms with Crippen LogP contribution < -0.4 is 5.32 Å². The molecule has 0 atom stereocenters. The van der Waals surface area contributed by atoms with Gasteiger partial charge in [0, 0.05) is 32.7 Å². The monoisotopic (exact) mass is 316 g/mol. The number of aromatic nitrogens is 1. The summed E-state index contributed by atoms with van der Waals surface area (Å²) >= 11 is 0. The van der Waals surface area contributed by atoms with Crippen molar-refractivity contribution >= 4 is 5.91 Å². The van der Waals surface area contributed by atoms with Crippen molar-refractivity contribution in [1.82, 2.24) is 20.3 Å². The van der Waals surface area contributed by atoms with Gasteiger partial charge < -0.3 is 14.7 Å². The minimum absolute atomic E-state index is 0.124. The Morgan fingerprint density at radius 2 is 1.96 bits per heavy atom. The Hall–Kier alpha value is -2.18. The number of nitrogens with zero attached hydrogens (tertiary/aromatic N) is 3. The Kier molecular flexibility index (Phi) is 6.31. The molecule has 1 amide bonds. The highest BCUT2D eigenvalue weighted by Crippen LogP contribution is 2.11. The van der Waals surface area contributed by atoms with Gasteiger partial charge in [0.2, 0.25) is 0 Å². The third-order valence-electron chi connectivity index (χ3n) is 3.54. The van der Waals surface area contributed by atoms with E-state index in [-0.39, 0.29) is 5.91 Å². The number of carbonyl (C=O) groups is 1. The van der Waals surface area contributed by atoms with Gasteiger partial charge in [-0.15, -0.1) is 0 Å². The van der Waals surface area contributed by atoms with Crippen LogP contribution in [0.1, 0.15) is 21.8 Å². The Labute approximate surface area is 137 Å². The third-order valence-corrected chi connectivity index (χ3v) is 3.54. The molecule has 2 aromatic rings. The highest BCUT2D eigenvalue weighted by molar-refractivity contribution is 5.92. The fourth-order valence-corrected chi connectivity index (χ4v) is 2.28. The summed E-state index contributed by atoms with van der Waals surface area (Å²) in [4.78, 5) is 16.0. The van der Waals surface area contributed by atoms with Gasteiger partial charge in [0.05, 0.1) is 6.54 Å². The minimum Gasteiger partial charge on any atom is -0.359 e. The van der Waals surface area contributed by atoms with Crippen molar-refractivity contribution in [2.45, 2.75) is 13.1 Å². The number of benzene rings is 1. The molecule has 0 spiro atoms. The van der Waals surface area contributed by atoms with E-state index >= 15 is 0 Å². The maximum absolute atomic E-state index is 12.2. The number of amides is 1. The number of carbonyl (C=O) groups excluding carboxylic acids is 1. The summed E-state index contributed by atoms with van der Waals surface area (Å²) in [5.74, 6) is 0.565. The molecule has 1 heterocycles. The summed E-state index contributed by atoms with van der Waals surface area (Å²) in [6.45, 7) is 2.79. The van der Waals surface area contributed by atoms with Crippen molar-refractivity contribution in [1.29, 1.82) is 0 Å². The van der Waals surface area contributed by atoms with E-state index in [0.717, 1.165) is 13.1 Å². The summed E-state index contributed by atoms with van der Waals surface area (Å²) in [5.41, 5.74) is 1.59. The van der Waals surface area contributed by atoms with E-state index in [1.54, 1.807) is 18.0 Å². The van der Waals surface area contributed by atoms with Gasteiger partial charge in [-0.2, -0.15) is 0 Å². The molecular formula is C17H24N4O2. The SMILES string of the molecule is CNCCN(C)C(=O)c1cc(CN(C)Cc2ccccc2)on1. The van der Waals surface area contributed by atoms with Crippen molar-refractivity contribution in [3.63, 3.8) is 0 Å². The number of nitrogens with one attached hydrogen (secondary N) is 1. The number of likely N-dealkylation sites (N-methyl/N-ethyl adjacent to an activating group) is 2. The molecular weight excluding hydrogens is 292 g/mol. The molecule has 0 aliphatic carbocycles. The zero-order chi connectivity index (χ0) is 16.7. The maximum Gasteiger partial charge on any atom is 0.275 e. The standard InChI is InChI=1S/C17H24N4O2/c1-18-9-10-21(3)17(22)16-11-15(23-19-16)13-20(2)12-14-7-5-4-6-8-14/h4-8,11,18H,9-10,12-13H2,1-3H3. The summed E-state index contributed by atoms with van der Waals surface area (Å²) in [6, 6.07) is 11.9. The van der Waals surface area contributed by atoms with Crippen molar-refractivity contribution in [3.8, 4) is 0 Å². The molecule has 1 aromatic carbocycles. The molecule has 0 bridgehead atoms. The van der Waals surface area contributed by atoms with E-state index in [2.05, 4.69) is 27.5 Å². The molecule has 0 fully saturated rings. The van der Waals surface area contributed by atoms with Gasteiger partial charge in [0.1, 0.15) is 0 Å². The van der Waals surface area contributed by atoms with Crippen LogP contribution >= 0.6 is 0 Å². The highest BCUT2D eigenvalue weighted by Gasteiger charge is 2.17. The lowest BCUT2D eigenvalue weighted by Crippen LogP contribution is -2.32. The molecule has 0 aliphatic rings. The second-order valence-electron chi connectivity index (χ2n) is 5.67. The van der Waals surface area contributed by atoms with Crippen LogP contribution in [0.5, 0.6) is 0 Å². The zero-order valence-electron chi connectivity index (χ0n) is 14.0. The van der Waals surface area contributed by atoms with Crippen LogP contribution in [0.15, 0.2) is 40.9 Å². The summed E-state index contributed by atoms with van der Waals surface area (Å²) in [5, 5.41) is 6.91. The van der Waals surface area contributed by atoms with Gasteiger partial charge in [0.25, 0.3) is 5.91 Å². The predicted octanol–water partition coefficient (Wildman–Crippen LogP) is 1.60. The summed E-state index contributed by atoms with van der Waals surface area (Å²) < 4.78 is 5.29. The van der Waals surface area contributed by atoms with Crippen molar-refractivity contribution in [2.75, 3.05) is 34.2 Å². The predicted molar refractivity (Wildman–Crippen MR) is 89.0 cm³/mol. The van der Waals surface area contributed by atoms with Gasteiger partial charge in [-0.25, -0.2) is 0 Å². The average Bonchev–Trinajstić information content (AvgIpc) is 3.01. The van der Waals surface area contributed by atoms with Crippen molar-refractivity contribution < 1.29 is 9.32 Å². The van der Waals surface area contributed by atoms with Crippen LogP contribution in [-0.4, -0.2) is 55.1 Å². The molecule has 0 aliphatic heterocycles. The molecule has 2 rings (SSSR count). The van der Waals surface area contributed by atoms with E-state index in [1.807, 2.05) is 32.3 Å². The van der Waals surface area contributed by atoms with E-state index < -0.39 is 0 Å². The first-order valence-electron chi connectivity index (χ1n) is 7.68. The lowest BCUT2D eigenvalue weighted by Gasteiger charge is -2.15. The summed E-state index contributed by atoms with van der Waals surface area (Å²) in [7, 11) is 5.63. The minimum atomic E-state index is -0.124. The quantitative estimate of drug-likeness (QED) is 0.801. The van der Waals surface area contributed by atoms with Crippen LogP contribution in [-0.2, 0) is 13.1 Å². The summed E-state index contributed by atoms with van der Waals surface area (Å²) in [6.07, 6.45) is 0. The maximum atomic E-state index is 12.2. The van der Waals surface area contributed by atoms with Gasteiger partial charge in [-0.1, -0.05) is 35.5 Å². The number of hydrogen-bond acceptors (Lipinski definition) is 5. The molecule has 6 heteroatoms. The Bertz CT molecular complexity index is 612. The van der Waals surface area contributed by atoms with Crippen LogP contribution in [0, 0.1) is 0 Å². The first-order chi connectivity index (χ1) is 11.1. The first kappa shape index (κ1) is 17.2. The Balaban J connectivity index is 1.90. The fourth-order valence-electron chi connectivity index (χ4n) is 2.28. The van der Waals surface area contributed by atoms with E-state index in [4.69, 9.17) is 4.52 Å². The molecule has 1 N–H and O–H groups in total. The molecule has 0 saturated carbocycles. The van der Waals surface area contributed by atoms with E-state index in [1.165, 1.54) is 5.56 Å². The smallest absolute Gasteiger partial charge is 0.275 e. The van der Waals surface area contributed by atoms with Crippen LogP contribution in [0.4, 0.5) is 0 Å². The molecule has 6 nitrogen and oxygen atoms in total. The zero-order valence-corrected chi connectivity index (χ0v) is 14.0. The lowest BCUT2D eigenvalue weighted by molar-refractivity contribution is 0.0786. The van der Waals surface area contributed by atoms with E-state index in [9.17, 15) is 4.79 Å². The molecule has 124 valence electrons. The number of rotatable bonds is 8. The second-order valence-corrected chi connectivity index (χ2v) is 5.67. The molecule has 0 unspecified atom stereocenters. The lowest BCUT2D eigenvalue weighted by atomic mass is 10.2. The van der Waals surface area contributed by atoms with Crippen LogP contribution in [0.2, 0.25) is 0 Å². The van der Waals surface area contributed by atoms with Gasteiger partial charge in [-0.05, 0) is 19.7 Å². The normalized spacial score (nSPS) is 11.0. The molecule has 0 saturated heterocycles. The van der Waals surface area contributed by atoms with E-state index in [0.29, 0.717) is 24.5 Å². The fraction of sp³-hybridized carbons (Fsp3) is 0.412. The van der Waals surface area contributed by atoms with Crippen molar-refractivity contribution in [3.05, 3.63) is 53.4 Å². The second kappa shape index (κ2) is 8.45. The molecule has 1 aromatic heterocycles. The Morgan fingerprint density at radius 3 is 2.65 bits per heavy atom. The topological polar surface area (TPSA) is 61.6 Å². The first-order valence-corrected chi connectivity index (χ1v) is 7.68. The highest BCUT2D eigenvalue weighted by atomic mass is 16.5. The Morgan fingerprint density at radius 1 is 1.22 bits per heavy atom. The molecule has 23 heavy (non-hydrogen) atoms. The molecule has 0 radical (unpaired) electrons. The number of hydrogen-bond donors (Lipinski definition) is 1. The van der Waals surface area contributed by atoms with Crippen LogP contribution in [0.3, 0.4) is 0 Å². The van der Waals surface area contributed by atoms with Crippen molar-refractivity contribution in [2.24, 2.45) is 0 Å². The van der Waals surface area contributed by atoms with Gasteiger partial charge in [-0.3, -0.25) is 9.69 Å². The van der Waals surface area contributed by atoms with Gasteiger partial charge >= 0.3 is 0 Å².